The Labute approximate surface area is 180 Å². The molecule has 2 saturated heterocycles. The second-order valence-electron chi connectivity index (χ2n) is 7.95. The van der Waals surface area contributed by atoms with Crippen LogP contribution in [0.25, 0.3) is 0 Å². The number of hydrogen-bond donors (Lipinski definition) is 0. The average molecular weight is 450 g/mol. The van der Waals surface area contributed by atoms with Gasteiger partial charge in [0, 0.05) is 39.1 Å². The van der Waals surface area contributed by atoms with Gasteiger partial charge in [0.05, 0.1) is 11.8 Å². The Morgan fingerprint density at radius 3 is 2.13 bits per heavy atom. The first kappa shape index (κ1) is 21.6. The van der Waals surface area contributed by atoms with E-state index in [1.54, 1.807) is 0 Å². The van der Waals surface area contributed by atoms with E-state index >= 15 is 0 Å². The molecule has 8 nitrogen and oxygen atoms in total. The lowest BCUT2D eigenvalue weighted by atomic mass is 9.85. The lowest BCUT2D eigenvalue weighted by Gasteiger charge is -2.34. The van der Waals surface area contributed by atoms with Gasteiger partial charge >= 0.3 is 0 Å². The number of imide groups is 1. The van der Waals surface area contributed by atoms with E-state index in [0.717, 1.165) is 6.07 Å². The van der Waals surface area contributed by atoms with Crippen LogP contribution in [0.4, 0.5) is 4.39 Å². The number of piperazine rings is 1. The van der Waals surface area contributed by atoms with Crippen LogP contribution >= 0.6 is 0 Å². The van der Waals surface area contributed by atoms with Crippen LogP contribution in [0.5, 0.6) is 0 Å². The molecule has 0 radical (unpaired) electrons. The number of sulfonamides is 1. The predicted octanol–water partition coefficient (Wildman–Crippen LogP) is 1.000. The molecule has 10 heteroatoms. The quantitative estimate of drug-likeness (QED) is 0.494. The van der Waals surface area contributed by atoms with Gasteiger partial charge in [0.15, 0.2) is 0 Å². The number of amides is 3. The zero-order valence-electron chi connectivity index (χ0n) is 16.9. The normalized spacial score (nSPS) is 24.5. The average Bonchev–Trinajstić information content (AvgIpc) is 3.02. The molecule has 1 aromatic carbocycles. The predicted molar refractivity (Wildman–Crippen MR) is 108 cm³/mol. The van der Waals surface area contributed by atoms with Gasteiger partial charge in [-0.15, -0.1) is 0 Å². The van der Waals surface area contributed by atoms with E-state index in [4.69, 9.17) is 0 Å². The summed E-state index contributed by atoms with van der Waals surface area (Å²) in [6.07, 6.45) is 4.94. The Balaban J connectivity index is 1.31. The van der Waals surface area contributed by atoms with Gasteiger partial charge in [-0.25, -0.2) is 12.8 Å². The van der Waals surface area contributed by atoms with Gasteiger partial charge in [-0.1, -0.05) is 24.3 Å². The van der Waals surface area contributed by atoms with Crippen molar-refractivity contribution in [2.24, 2.45) is 11.8 Å². The molecule has 31 heavy (non-hydrogen) atoms. The number of rotatable bonds is 5. The van der Waals surface area contributed by atoms with Crippen molar-refractivity contribution in [3.05, 3.63) is 42.2 Å². The number of halogens is 1. The van der Waals surface area contributed by atoms with Gasteiger partial charge in [-0.2, -0.15) is 4.31 Å². The summed E-state index contributed by atoms with van der Waals surface area (Å²) < 4.78 is 40.5. The van der Waals surface area contributed by atoms with Crippen LogP contribution in [-0.4, -0.2) is 73.0 Å². The number of carbonyl (C=O) groups excluding carboxylic acids is 3. The number of benzene rings is 1. The van der Waals surface area contributed by atoms with Crippen LogP contribution in [0.1, 0.15) is 19.3 Å². The van der Waals surface area contributed by atoms with Gasteiger partial charge in [0.2, 0.25) is 27.7 Å². The van der Waals surface area contributed by atoms with Crippen molar-refractivity contribution < 1.29 is 27.2 Å². The molecule has 0 unspecified atom stereocenters. The van der Waals surface area contributed by atoms with Crippen LogP contribution in [-0.2, 0) is 24.4 Å². The van der Waals surface area contributed by atoms with Crippen molar-refractivity contribution in [3.8, 4) is 0 Å². The molecule has 1 aliphatic carbocycles. The molecule has 2 atom stereocenters. The minimum atomic E-state index is -3.98. The monoisotopic (exact) mass is 449 g/mol. The Morgan fingerprint density at radius 1 is 0.968 bits per heavy atom. The summed E-state index contributed by atoms with van der Waals surface area (Å²) in [5, 5.41) is 0. The Hall–Kier alpha value is -2.59. The molecule has 3 aliphatic rings. The number of hydrogen-bond acceptors (Lipinski definition) is 5. The van der Waals surface area contributed by atoms with Gasteiger partial charge in [0.1, 0.15) is 10.7 Å². The van der Waals surface area contributed by atoms with Crippen molar-refractivity contribution in [1.29, 1.82) is 0 Å². The van der Waals surface area contributed by atoms with E-state index in [9.17, 15) is 27.2 Å². The summed E-state index contributed by atoms with van der Waals surface area (Å²) >= 11 is 0. The molecule has 1 aromatic rings. The second-order valence-corrected chi connectivity index (χ2v) is 9.86. The summed E-state index contributed by atoms with van der Waals surface area (Å²) in [5.41, 5.74) is 0. The van der Waals surface area contributed by atoms with E-state index in [2.05, 4.69) is 0 Å². The van der Waals surface area contributed by atoms with Crippen LogP contribution in [0.15, 0.2) is 41.3 Å². The molecular formula is C21H24FN3O5S. The molecule has 0 N–H and O–H groups in total. The summed E-state index contributed by atoms with van der Waals surface area (Å²) in [6, 6.07) is 5.20. The second kappa shape index (κ2) is 8.51. The van der Waals surface area contributed by atoms with Gasteiger partial charge < -0.3 is 4.90 Å². The largest absolute Gasteiger partial charge is 0.340 e. The van der Waals surface area contributed by atoms with Gasteiger partial charge in [-0.3, -0.25) is 19.3 Å². The highest BCUT2D eigenvalue weighted by molar-refractivity contribution is 7.89. The molecule has 0 aromatic heterocycles. The van der Waals surface area contributed by atoms with E-state index in [-0.39, 0.29) is 73.6 Å². The summed E-state index contributed by atoms with van der Waals surface area (Å²) in [7, 11) is -3.98. The smallest absolute Gasteiger partial charge is 0.246 e. The summed E-state index contributed by atoms with van der Waals surface area (Å²) in [5.74, 6) is -2.12. The summed E-state index contributed by atoms with van der Waals surface area (Å²) in [4.78, 5) is 39.9. The number of fused-ring (bicyclic) bond motifs is 1. The fourth-order valence-electron chi connectivity index (χ4n) is 4.43. The van der Waals surface area contributed by atoms with E-state index < -0.39 is 15.8 Å². The van der Waals surface area contributed by atoms with Crippen molar-refractivity contribution in [2.75, 3.05) is 32.7 Å². The highest BCUT2D eigenvalue weighted by Crippen LogP contribution is 2.35. The maximum Gasteiger partial charge on any atom is 0.246 e. The first-order valence-electron chi connectivity index (χ1n) is 10.3. The van der Waals surface area contributed by atoms with E-state index in [1.807, 2.05) is 12.2 Å². The molecule has 0 saturated carbocycles. The fourth-order valence-corrected chi connectivity index (χ4v) is 5.91. The lowest BCUT2D eigenvalue weighted by molar-refractivity contribution is -0.141. The Morgan fingerprint density at radius 2 is 1.55 bits per heavy atom. The highest BCUT2D eigenvalue weighted by Gasteiger charge is 2.47. The number of allylic oxidation sites excluding steroid dienone is 2. The standard InChI is InChI=1S/C21H24FN3O5S/c22-17-7-3-4-8-18(17)31(29,30)24-13-11-23(12-14-24)19(26)9-10-25-20(27)15-5-1-2-6-16(15)21(25)28/h1-4,7-8,15-16H,5-6,9-14H2/t15-,16-/m0/s1. The molecule has 166 valence electrons. The van der Waals surface area contributed by atoms with Crippen molar-refractivity contribution in [1.82, 2.24) is 14.1 Å². The zero-order chi connectivity index (χ0) is 22.2. The molecular weight excluding hydrogens is 425 g/mol. The van der Waals surface area contributed by atoms with Crippen molar-refractivity contribution in [2.45, 2.75) is 24.2 Å². The van der Waals surface area contributed by atoms with Gasteiger partial charge in [-0.05, 0) is 25.0 Å². The first-order chi connectivity index (χ1) is 14.8. The third kappa shape index (κ3) is 4.01. The SMILES string of the molecule is O=C(CCN1C(=O)[C@H]2CC=CC[C@@H]2C1=O)N1CCN(S(=O)(=O)c2ccccc2F)CC1. The topological polar surface area (TPSA) is 95.1 Å². The van der Waals surface area contributed by atoms with Crippen LogP contribution in [0, 0.1) is 17.7 Å². The number of likely N-dealkylation sites (tertiary alicyclic amines) is 1. The first-order valence-corrected chi connectivity index (χ1v) is 11.8. The number of carbonyl (C=O) groups is 3. The Bertz CT molecular complexity index is 1010. The van der Waals surface area contributed by atoms with Crippen molar-refractivity contribution in [3.63, 3.8) is 0 Å². The molecule has 0 spiro atoms. The molecule has 2 fully saturated rings. The molecule has 2 aliphatic heterocycles. The third-order valence-corrected chi connectivity index (χ3v) is 8.13. The molecule has 2 heterocycles. The van der Waals surface area contributed by atoms with E-state index in [0.29, 0.717) is 12.8 Å². The third-order valence-electron chi connectivity index (χ3n) is 6.19. The van der Waals surface area contributed by atoms with Crippen molar-refractivity contribution >= 4 is 27.7 Å². The molecule has 3 amide bonds. The highest BCUT2D eigenvalue weighted by atomic mass is 32.2. The fraction of sp³-hybridized carbons (Fsp3) is 0.476. The maximum absolute atomic E-state index is 13.9. The van der Waals surface area contributed by atoms with E-state index in [1.165, 1.54) is 32.3 Å². The van der Waals surface area contributed by atoms with Gasteiger partial charge in [0.25, 0.3) is 0 Å². The van der Waals surface area contributed by atoms with Crippen LogP contribution in [0.3, 0.4) is 0 Å². The van der Waals surface area contributed by atoms with Crippen LogP contribution in [0.2, 0.25) is 0 Å². The molecule has 0 bridgehead atoms. The minimum absolute atomic E-state index is 0.00438. The maximum atomic E-state index is 13.9. The molecule has 4 rings (SSSR count). The number of nitrogens with zero attached hydrogens (tertiary/aromatic N) is 3. The lowest BCUT2D eigenvalue weighted by Crippen LogP contribution is -2.51. The van der Waals surface area contributed by atoms with Crippen LogP contribution < -0.4 is 0 Å². The Kier molecular flexibility index (Phi) is 5.94. The zero-order valence-corrected chi connectivity index (χ0v) is 17.8. The summed E-state index contributed by atoms with van der Waals surface area (Å²) in [6.45, 7) is 0.490. The minimum Gasteiger partial charge on any atom is -0.340 e.